The fourth-order valence-corrected chi connectivity index (χ4v) is 4.01. The van der Waals surface area contributed by atoms with Crippen LogP contribution in [0.5, 0.6) is 11.5 Å². The Balaban J connectivity index is 2.21. The molecule has 0 fully saturated rings. The second-order valence-electron chi connectivity index (χ2n) is 4.35. The lowest BCUT2D eigenvalue weighted by atomic mass is 10.3. The zero-order valence-electron chi connectivity index (χ0n) is 12.6. The SMILES string of the molecule is COc1cc([N+](=O)[O-])ccc1SSc1ccc([N+](=O)[O-])cc1OC. The quantitative estimate of drug-likeness (QED) is 0.404. The Bertz CT molecular complexity index is 718. The van der Waals surface area contributed by atoms with Crippen LogP contribution in [0, 0.1) is 20.2 Å². The van der Waals surface area contributed by atoms with Crippen LogP contribution in [0.1, 0.15) is 0 Å². The second kappa shape index (κ2) is 7.88. The molecule has 0 saturated heterocycles. The molecule has 0 saturated carbocycles. The number of methoxy groups -OCH3 is 2. The molecule has 0 unspecified atom stereocenters. The smallest absolute Gasteiger partial charge is 0.273 e. The highest BCUT2D eigenvalue weighted by Gasteiger charge is 2.15. The molecule has 2 rings (SSSR count). The maximum absolute atomic E-state index is 10.8. The van der Waals surface area contributed by atoms with Crippen LogP contribution in [-0.4, -0.2) is 24.1 Å². The molecule has 8 nitrogen and oxygen atoms in total. The fraction of sp³-hybridized carbons (Fsp3) is 0.143. The van der Waals surface area contributed by atoms with Gasteiger partial charge < -0.3 is 9.47 Å². The number of nitro benzene ring substituents is 2. The molecule has 0 atom stereocenters. The summed E-state index contributed by atoms with van der Waals surface area (Å²) in [7, 11) is 5.48. The Morgan fingerprint density at radius 2 is 1.17 bits per heavy atom. The Morgan fingerprint density at radius 1 is 0.792 bits per heavy atom. The van der Waals surface area contributed by atoms with Crippen LogP contribution in [0.4, 0.5) is 11.4 Å². The third-order valence-corrected chi connectivity index (χ3v) is 5.38. The largest absolute Gasteiger partial charge is 0.495 e. The highest BCUT2D eigenvalue weighted by molar-refractivity contribution is 8.76. The van der Waals surface area contributed by atoms with E-state index in [-0.39, 0.29) is 11.4 Å². The minimum absolute atomic E-state index is 0.0610. The van der Waals surface area contributed by atoms with E-state index in [0.717, 1.165) is 0 Å². The van der Waals surface area contributed by atoms with Crippen LogP contribution < -0.4 is 9.47 Å². The van der Waals surface area contributed by atoms with Crippen molar-refractivity contribution in [3.63, 3.8) is 0 Å². The molecule has 0 bridgehead atoms. The van der Waals surface area contributed by atoms with Gasteiger partial charge in [0.2, 0.25) is 0 Å². The van der Waals surface area contributed by atoms with Gasteiger partial charge in [-0.15, -0.1) is 0 Å². The Kier molecular flexibility index (Phi) is 5.88. The van der Waals surface area contributed by atoms with Gasteiger partial charge >= 0.3 is 0 Å². The van der Waals surface area contributed by atoms with Crippen LogP contribution >= 0.6 is 21.6 Å². The number of nitro groups is 2. The molecule has 0 amide bonds. The summed E-state index contributed by atoms with van der Waals surface area (Å²) in [5.41, 5.74) is -0.122. The van der Waals surface area contributed by atoms with Gasteiger partial charge in [-0.25, -0.2) is 0 Å². The highest BCUT2D eigenvalue weighted by Crippen LogP contribution is 2.46. The molecule has 0 spiro atoms. The molecule has 0 radical (unpaired) electrons. The van der Waals surface area contributed by atoms with E-state index >= 15 is 0 Å². The van der Waals surface area contributed by atoms with E-state index in [2.05, 4.69) is 0 Å². The average molecular weight is 368 g/mol. The summed E-state index contributed by atoms with van der Waals surface area (Å²) < 4.78 is 10.3. The summed E-state index contributed by atoms with van der Waals surface area (Å²) in [5, 5.41) is 21.6. The first-order valence-electron chi connectivity index (χ1n) is 6.45. The third-order valence-electron chi connectivity index (χ3n) is 2.94. The minimum Gasteiger partial charge on any atom is -0.495 e. The molecule has 0 aromatic heterocycles. The first-order valence-corrected chi connectivity index (χ1v) is 8.60. The van der Waals surface area contributed by atoms with Crippen LogP contribution in [-0.2, 0) is 0 Å². The molecule has 126 valence electrons. The van der Waals surface area contributed by atoms with E-state index in [0.29, 0.717) is 21.3 Å². The second-order valence-corrected chi connectivity index (χ2v) is 6.56. The zero-order chi connectivity index (χ0) is 17.7. The van der Waals surface area contributed by atoms with E-state index < -0.39 is 9.85 Å². The fourth-order valence-electron chi connectivity index (χ4n) is 1.77. The lowest BCUT2D eigenvalue weighted by Gasteiger charge is -2.09. The van der Waals surface area contributed by atoms with E-state index in [9.17, 15) is 20.2 Å². The summed E-state index contributed by atoms with van der Waals surface area (Å²) in [6, 6.07) is 8.64. The van der Waals surface area contributed by atoms with Gasteiger partial charge in [0, 0.05) is 12.1 Å². The summed E-state index contributed by atoms with van der Waals surface area (Å²) in [6.45, 7) is 0. The van der Waals surface area contributed by atoms with Gasteiger partial charge in [0.15, 0.2) is 0 Å². The zero-order valence-corrected chi connectivity index (χ0v) is 14.3. The Morgan fingerprint density at radius 3 is 1.46 bits per heavy atom. The lowest BCUT2D eigenvalue weighted by molar-refractivity contribution is -0.385. The monoisotopic (exact) mass is 368 g/mol. The van der Waals surface area contributed by atoms with Crippen molar-refractivity contribution in [3.8, 4) is 11.5 Å². The van der Waals surface area contributed by atoms with Gasteiger partial charge in [-0.2, -0.15) is 0 Å². The molecular formula is C14H12N2O6S2. The maximum atomic E-state index is 10.8. The summed E-state index contributed by atoms with van der Waals surface area (Å²) in [6.07, 6.45) is 0. The Hall–Kier alpha value is -2.46. The van der Waals surface area contributed by atoms with Crippen molar-refractivity contribution in [2.45, 2.75) is 9.79 Å². The van der Waals surface area contributed by atoms with Crippen LogP contribution in [0.3, 0.4) is 0 Å². The highest BCUT2D eigenvalue weighted by atomic mass is 33.1. The molecular weight excluding hydrogens is 356 g/mol. The molecule has 2 aromatic rings. The van der Waals surface area contributed by atoms with Gasteiger partial charge in [-0.1, -0.05) is 0 Å². The first-order chi connectivity index (χ1) is 11.5. The number of rotatable bonds is 7. The predicted octanol–water partition coefficient (Wildman–Crippen LogP) is 4.32. The summed E-state index contributed by atoms with van der Waals surface area (Å²) in [5.74, 6) is 0.755. The van der Waals surface area contributed by atoms with Crippen LogP contribution in [0.2, 0.25) is 0 Å². The molecule has 0 N–H and O–H groups in total. The molecule has 0 heterocycles. The van der Waals surface area contributed by atoms with E-state index in [1.807, 2.05) is 0 Å². The normalized spacial score (nSPS) is 10.2. The topological polar surface area (TPSA) is 105 Å². The molecule has 10 heteroatoms. The number of benzene rings is 2. The van der Waals surface area contributed by atoms with Gasteiger partial charge in [-0.05, 0) is 33.7 Å². The number of hydrogen-bond donors (Lipinski definition) is 0. The average Bonchev–Trinajstić information content (AvgIpc) is 2.59. The van der Waals surface area contributed by atoms with Crippen LogP contribution in [0.15, 0.2) is 46.2 Å². The van der Waals surface area contributed by atoms with Crippen molar-refractivity contribution in [2.24, 2.45) is 0 Å². The standard InChI is InChI=1S/C14H12N2O6S2/c1-21-11-7-9(15(17)18)3-5-13(11)23-24-14-6-4-10(16(19)20)8-12(14)22-2/h3-8H,1-2H3. The number of nitrogens with zero attached hydrogens (tertiary/aromatic N) is 2. The Labute approximate surface area is 144 Å². The van der Waals surface area contributed by atoms with E-state index in [1.54, 1.807) is 12.1 Å². The maximum Gasteiger partial charge on any atom is 0.273 e. The van der Waals surface area contributed by atoms with Gasteiger partial charge in [0.1, 0.15) is 11.5 Å². The molecule has 0 aliphatic rings. The summed E-state index contributed by atoms with van der Waals surface area (Å²) in [4.78, 5) is 22.0. The number of hydrogen-bond acceptors (Lipinski definition) is 8. The van der Waals surface area contributed by atoms with Crippen molar-refractivity contribution in [2.75, 3.05) is 14.2 Å². The van der Waals surface area contributed by atoms with Crippen molar-refractivity contribution in [3.05, 3.63) is 56.6 Å². The van der Waals surface area contributed by atoms with Gasteiger partial charge in [-0.3, -0.25) is 20.2 Å². The van der Waals surface area contributed by atoms with Crippen LogP contribution in [0.25, 0.3) is 0 Å². The van der Waals surface area contributed by atoms with E-state index in [1.165, 1.54) is 60.1 Å². The summed E-state index contributed by atoms with van der Waals surface area (Å²) >= 11 is 0. The van der Waals surface area contributed by atoms with Crippen molar-refractivity contribution < 1.29 is 19.3 Å². The first kappa shape index (κ1) is 17.9. The third kappa shape index (κ3) is 4.09. The number of ether oxygens (including phenoxy) is 2. The molecule has 24 heavy (non-hydrogen) atoms. The predicted molar refractivity (Wildman–Crippen MR) is 91.0 cm³/mol. The van der Waals surface area contributed by atoms with E-state index in [4.69, 9.17) is 9.47 Å². The van der Waals surface area contributed by atoms with Crippen molar-refractivity contribution in [1.82, 2.24) is 0 Å². The molecule has 0 aliphatic heterocycles. The minimum atomic E-state index is -0.497. The van der Waals surface area contributed by atoms with Crippen molar-refractivity contribution in [1.29, 1.82) is 0 Å². The molecule has 0 aliphatic carbocycles. The lowest BCUT2D eigenvalue weighted by Crippen LogP contribution is -1.92. The number of non-ortho nitro benzene ring substituents is 2. The molecule has 2 aromatic carbocycles. The van der Waals surface area contributed by atoms with Gasteiger partial charge in [0.25, 0.3) is 11.4 Å². The van der Waals surface area contributed by atoms with Gasteiger partial charge in [0.05, 0.1) is 46.0 Å². The van der Waals surface area contributed by atoms with Crippen molar-refractivity contribution >= 4 is 33.0 Å².